The molecule has 1 aromatic rings. The minimum Gasteiger partial charge on any atom is -0.481 e. The molecule has 0 aliphatic carbocycles. The second-order valence-electron chi connectivity index (χ2n) is 5.02. The Morgan fingerprint density at radius 3 is 2.38 bits per heavy atom. The highest BCUT2D eigenvalue weighted by Gasteiger charge is 2.34. The predicted octanol–water partition coefficient (Wildman–Crippen LogP) is 2.79. The summed E-state index contributed by atoms with van der Waals surface area (Å²) in [5.41, 5.74) is 0.625. The number of aryl methyl sites for hydroxylation is 1. The Bertz CT molecular complexity index is 667. The summed E-state index contributed by atoms with van der Waals surface area (Å²) < 4.78 is 26.6. The molecular formula is C13H15Cl2NO4S. The zero-order chi connectivity index (χ0) is 15.8. The Morgan fingerprint density at radius 2 is 1.86 bits per heavy atom. The summed E-state index contributed by atoms with van der Waals surface area (Å²) in [6, 6.07) is 3.15. The SMILES string of the molecule is Cc1ccc(Cl)c(S(=O)(=O)N2CCC(C(=O)O)CC2)c1Cl. The molecule has 0 aromatic heterocycles. The van der Waals surface area contributed by atoms with E-state index in [-0.39, 0.29) is 40.9 Å². The monoisotopic (exact) mass is 351 g/mol. The zero-order valence-corrected chi connectivity index (χ0v) is 13.7. The smallest absolute Gasteiger partial charge is 0.306 e. The molecule has 1 N–H and O–H groups in total. The van der Waals surface area contributed by atoms with Crippen LogP contribution in [-0.2, 0) is 14.8 Å². The largest absolute Gasteiger partial charge is 0.481 e. The Labute approximate surface area is 133 Å². The van der Waals surface area contributed by atoms with E-state index >= 15 is 0 Å². The van der Waals surface area contributed by atoms with Gasteiger partial charge in [-0.1, -0.05) is 29.3 Å². The van der Waals surface area contributed by atoms with Gasteiger partial charge in [0.05, 0.1) is 16.0 Å². The second-order valence-corrected chi connectivity index (χ2v) is 7.68. The number of carboxylic acids is 1. The van der Waals surface area contributed by atoms with Gasteiger partial charge in [0.25, 0.3) is 0 Å². The van der Waals surface area contributed by atoms with E-state index in [4.69, 9.17) is 28.3 Å². The Balaban J connectivity index is 2.32. The normalized spacial score (nSPS) is 17.9. The van der Waals surface area contributed by atoms with Gasteiger partial charge in [-0.3, -0.25) is 4.79 Å². The van der Waals surface area contributed by atoms with Gasteiger partial charge in [-0.2, -0.15) is 4.31 Å². The maximum absolute atomic E-state index is 12.7. The minimum absolute atomic E-state index is 0.0750. The maximum atomic E-state index is 12.7. The summed E-state index contributed by atoms with van der Waals surface area (Å²) in [6.07, 6.45) is 0.575. The molecule has 21 heavy (non-hydrogen) atoms. The molecule has 1 aliphatic rings. The summed E-state index contributed by atoms with van der Waals surface area (Å²) in [4.78, 5) is 10.8. The molecule has 0 radical (unpaired) electrons. The van der Waals surface area contributed by atoms with Crippen molar-refractivity contribution in [1.82, 2.24) is 4.31 Å². The van der Waals surface area contributed by atoms with Crippen molar-refractivity contribution in [3.63, 3.8) is 0 Å². The summed E-state index contributed by atoms with van der Waals surface area (Å²) in [7, 11) is -3.82. The highest BCUT2D eigenvalue weighted by molar-refractivity contribution is 7.89. The molecule has 0 amide bonds. The average Bonchev–Trinajstić information content (AvgIpc) is 2.43. The lowest BCUT2D eigenvalue weighted by molar-refractivity contribution is -0.142. The van der Waals surface area contributed by atoms with Gasteiger partial charge in [0.1, 0.15) is 4.90 Å². The van der Waals surface area contributed by atoms with Crippen LogP contribution in [0.5, 0.6) is 0 Å². The second kappa shape index (κ2) is 6.12. The fourth-order valence-corrected chi connectivity index (χ4v) is 4.95. The third-order valence-corrected chi connectivity index (χ3v) is 6.65. The number of rotatable bonds is 3. The van der Waals surface area contributed by atoms with E-state index in [9.17, 15) is 13.2 Å². The first-order valence-corrected chi connectivity index (χ1v) is 8.62. The van der Waals surface area contributed by atoms with Crippen molar-refractivity contribution in [3.8, 4) is 0 Å². The molecule has 0 spiro atoms. The maximum Gasteiger partial charge on any atom is 0.306 e. The highest BCUT2D eigenvalue weighted by Crippen LogP contribution is 2.35. The number of nitrogens with zero attached hydrogens (tertiary/aromatic N) is 1. The number of benzene rings is 1. The van der Waals surface area contributed by atoms with E-state index in [1.807, 2.05) is 0 Å². The Hall–Kier alpha value is -0.820. The van der Waals surface area contributed by atoms with E-state index in [0.717, 1.165) is 0 Å². The third-order valence-electron chi connectivity index (χ3n) is 3.64. The van der Waals surface area contributed by atoms with Crippen LogP contribution in [-0.4, -0.2) is 36.9 Å². The van der Waals surface area contributed by atoms with E-state index in [1.54, 1.807) is 13.0 Å². The van der Waals surface area contributed by atoms with Crippen molar-refractivity contribution in [2.45, 2.75) is 24.7 Å². The molecule has 1 aromatic carbocycles. The first-order chi connectivity index (χ1) is 9.75. The Kier molecular flexibility index (Phi) is 4.82. The van der Waals surface area contributed by atoms with Gasteiger partial charge >= 0.3 is 5.97 Å². The first-order valence-electron chi connectivity index (χ1n) is 6.42. The zero-order valence-electron chi connectivity index (χ0n) is 11.3. The van der Waals surface area contributed by atoms with Crippen LogP contribution in [0.4, 0.5) is 0 Å². The molecule has 0 unspecified atom stereocenters. The van der Waals surface area contributed by atoms with Gasteiger partial charge in [-0.05, 0) is 31.4 Å². The molecule has 1 saturated heterocycles. The van der Waals surface area contributed by atoms with Gasteiger partial charge < -0.3 is 5.11 Å². The fourth-order valence-electron chi connectivity index (χ4n) is 2.34. The van der Waals surface area contributed by atoms with Gasteiger partial charge in [0, 0.05) is 13.1 Å². The van der Waals surface area contributed by atoms with Gasteiger partial charge in [-0.25, -0.2) is 8.42 Å². The number of carboxylic acid groups (broad SMARTS) is 1. The highest BCUT2D eigenvalue weighted by atomic mass is 35.5. The minimum atomic E-state index is -3.82. The number of aliphatic carboxylic acids is 1. The van der Waals surface area contributed by atoms with Crippen molar-refractivity contribution in [1.29, 1.82) is 0 Å². The molecule has 1 heterocycles. The fraction of sp³-hybridized carbons (Fsp3) is 0.462. The molecule has 1 aliphatic heterocycles. The van der Waals surface area contributed by atoms with Crippen molar-refractivity contribution >= 4 is 39.2 Å². The standard InChI is InChI=1S/C13H15Cl2NO4S/c1-8-2-3-10(14)12(11(8)15)21(19,20)16-6-4-9(5-7-16)13(17)18/h2-3,9H,4-7H2,1H3,(H,17,18). The average molecular weight is 352 g/mol. The summed E-state index contributed by atoms with van der Waals surface area (Å²) in [6.45, 7) is 2.01. The topological polar surface area (TPSA) is 74.7 Å². The Morgan fingerprint density at radius 1 is 1.29 bits per heavy atom. The van der Waals surface area contributed by atoms with E-state index in [2.05, 4.69) is 0 Å². The van der Waals surface area contributed by atoms with Crippen molar-refractivity contribution in [3.05, 3.63) is 27.7 Å². The van der Waals surface area contributed by atoms with Crippen LogP contribution in [0.3, 0.4) is 0 Å². The van der Waals surface area contributed by atoms with Gasteiger partial charge in [0.15, 0.2) is 0 Å². The van der Waals surface area contributed by atoms with Crippen molar-refractivity contribution in [2.24, 2.45) is 5.92 Å². The number of hydrogen-bond donors (Lipinski definition) is 1. The van der Waals surface area contributed by atoms with E-state index in [0.29, 0.717) is 5.56 Å². The number of sulfonamides is 1. The molecule has 5 nitrogen and oxygen atoms in total. The molecule has 0 saturated carbocycles. The van der Waals surface area contributed by atoms with Crippen molar-refractivity contribution < 1.29 is 18.3 Å². The number of piperidine rings is 1. The van der Waals surface area contributed by atoms with Gasteiger partial charge in [-0.15, -0.1) is 0 Å². The summed E-state index contributed by atoms with van der Waals surface area (Å²) in [5.74, 6) is -1.39. The summed E-state index contributed by atoms with van der Waals surface area (Å²) >= 11 is 12.1. The number of carbonyl (C=O) groups is 1. The molecule has 0 bridgehead atoms. The molecule has 8 heteroatoms. The number of hydrogen-bond acceptors (Lipinski definition) is 3. The quantitative estimate of drug-likeness (QED) is 0.908. The first kappa shape index (κ1) is 16.5. The van der Waals surface area contributed by atoms with Crippen LogP contribution in [0, 0.1) is 12.8 Å². The molecular weight excluding hydrogens is 337 g/mol. The van der Waals surface area contributed by atoms with Crippen LogP contribution in [0.1, 0.15) is 18.4 Å². The predicted molar refractivity (Wildman–Crippen MR) is 80.3 cm³/mol. The van der Waals surface area contributed by atoms with Crippen LogP contribution in [0.15, 0.2) is 17.0 Å². The summed E-state index contributed by atoms with van der Waals surface area (Å²) in [5, 5.41) is 9.15. The van der Waals surface area contributed by atoms with Crippen molar-refractivity contribution in [2.75, 3.05) is 13.1 Å². The molecule has 2 rings (SSSR count). The van der Waals surface area contributed by atoms with Gasteiger partial charge in [0.2, 0.25) is 10.0 Å². The molecule has 1 fully saturated rings. The van der Waals surface area contributed by atoms with Crippen LogP contribution in [0.2, 0.25) is 10.0 Å². The molecule has 116 valence electrons. The lowest BCUT2D eigenvalue weighted by Crippen LogP contribution is -2.40. The lowest BCUT2D eigenvalue weighted by Gasteiger charge is -2.29. The molecule has 0 atom stereocenters. The third kappa shape index (κ3) is 3.18. The number of halogens is 2. The lowest BCUT2D eigenvalue weighted by atomic mass is 9.99. The van der Waals surface area contributed by atoms with Crippen LogP contribution >= 0.6 is 23.2 Å². The van der Waals surface area contributed by atoms with Crippen LogP contribution in [0.25, 0.3) is 0 Å². The van der Waals surface area contributed by atoms with Crippen LogP contribution < -0.4 is 0 Å². The van der Waals surface area contributed by atoms with E-state index < -0.39 is 21.9 Å². The van der Waals surface area contributed by atoms with E-state index in [1.165, 1.54) is 10.4 Å².